The van der Waals surface area contributed by atoms with Gasteiger partial charge in [0.25, 0.3) is 0 Å². The first kappa shape index (κ1) is 15.4. The van der Waals surface area contributed by atoms with Crippen LogP contribution in [-0.4, -0.2) is 31.0 Å². The summed E-state index contributed by atoms with van der Waals surface area (Å²) in [7, 11) is -3.08. The predicted molar refractivity (Wildman–Crippen MR) is 89.4 cm³/mol. The molecular weight excluding hydrogens is 328 g/mol. The summed E-state index contributed by atoms with van der Waals surface area (Å²) >= 11 is 0. The number of fused-ring (bicyclic) bond motifs is 1. The van der Waals surface area contributed by atoms with E-state index in [0.717, 1.165) is 18.4 Å². The van der Waals surface area contributed by atoms with Crippen molar-refractivity contribution in [3.8, 4) is 11.3 Å². The lowest BCUT2D eigenvalue weighted by molar-refractivity contribution is -0.119. The average Bonchev–Trinajstić information content (AvgIpc) is 3.25. The Morgan fingerprint density at radius 2 is 2.04 bits per heavy atom. The fourth-order valence-electron chi connectivity index (χ4n) is 3.43. The number of hydrogen-bond donors (Lipinski definition) is 1. The van der Waals surface area contributed by atoms with Crippen LogP contribution in [0.5, 0.6) is 0 Å². The zero-order valence-electron chi connectivity index (χ0n) is 13.1. The first-order valence-electron chi connectivity index (χ1n) is 8.10. The SMILES string of the molecule is O=C(Nc1cc(-c2ccc3c(c2)CCC3)no1)C1CCS(=O)(=O)C1. The molecule has 2 aliphatic rings. The van der Waals surface area contributed by atoms with Crippen molar-refractivity contribution in [1.29, 1.82) is 0 Å². The van der Waals surface area contributed by atoms with E-state index in [1.54, 1.807) is 6.07 Å². The predicted octanol–water partition coefficient (Wildman–Crippen LogP) is 2.20. The van der Waals surface area contributed by atoms with E-state index >= 15 is 0 Å². The van der Waals surface area contributed by atoms with Crippen LogP contribution in [0.1, 0.15) is 24.0 Å². The second kappa shape index (κ2) is 5.73. The van der Waals surface area contributed by atoms with Crippen LogP contribution in [0.2, 0.25) is 0 Å². The maximum absolute atomic E-state index is 12.1. The van der Waals surface area contributed by atoms with Gasteiger partial charge in [-0.3, -0.25) is 10.1 Å². The third-order valence-corrected chi connectivity index (χ3v) is 6.52. The van der Waals surface area contributed by atoms with Gasteiger partial charge in [0.1, 0.15) is 5.69 Å². The van der Waals surface area contributed by atoms with Gasteiger partial charge in [0.15, 0.2) is 9.84 Å². The second-order valence-corrected chi connectivity index (χ2v) is 8.73. The zero-order valence-corrected chi connectivity index (χ0v) is 13.9. The van der Waals surface area contributed by atoms with Crippen molar-refractivity contribution in [1.82, 2.24) is 5.16 Å². The number of rotatable bonds is 3. The van der Waals surface area contributed by atoms with Gasteiger partial charge in [-0.2, -0.15) is 0 Å². The van der Waals surface area contributed by atoms with E-state index in [9.17, 15) is 13.2 Å². The van der Waals surface area contributed by atoms with Gasteiger partial charge in [0, 0.05) is 11.6 Å². The molecule has 126 valence electrons. The summed E-state index contributed by atoms with van der Waals surface area (Å²) in [5.41, 5.74) is 4.36. The third-order valence-electron chi connectivity index (χ3n) is 4.75. The minimum Gasteiger partial charge on any atom is -0.338 e. The van der Waals surface area contributed by atoms with Gasteiger partial charge in [0.05, 0.1) is 17.4 Å². The number of amides is 1. The molecule has 0 radical (unpaired) electrons. The van der Waals surface area contributed by atoms with Crippen molar-refractivity contribution in [2.24, 2.45) is 5.92 Å². The number of anilines is 1. The molecule has 1 amide bonds. The highest BCUT2D eigenvalue weighted by atomic mass is 32.2. The molecule has 24 heavy (non-hydrogen) atoms. The Morgan fingerprint density at radius 3 is 2.83 bits per heavy atom. The van der Waals surface area contributed by atoms with E-state index in [2.05, 4.69) is 22.6 Å². The number of benzene rings is 1. The van der Waals surface area contributed by atoms with Crippen LogP contribution in [0.4, 0.5) is 5.88 Å². The van der Waals surface area contributed by atoms with Crippen molar-refractivity contribution < 1.29 is 17.7 Å². The maximum Gasteiger partial charge on any atom is 0.231 e. The van der Waals surface area contributed by atoms with E-state index in [1.165, 1.54) is 17.5 Å². The van der Waals surface area contributed by atoms with Crippen molar-refractivity contribution in [3.05, 3.63) is 35.4 Å². The fourth-order valence-corrected chi connectivity index (χ4v) is 5.17. The highest BCUT2D eigenvalue weighted by molar-refractivity contribution is 7.91. The fraction of sp³-hybridized carbons (Fsp3) is 0.412. The van der Waals surface area contributed by atoms with Crippen LogP contribution in [-0.2, 0) is 27.5 Å². The van der Waals surface area contributed by atoms with Crippen molar-refractivity contribution in [3.63, 3.8) is 0 Å². The molecule has 7 heteroatoms. The number of carbonyl (C=O) groups excluding carboxylic acids is 1. The highest BCUT2D eigenvalue weighted by Gasteiger charge is 2.33. The monoisotopic (exact) mass is 346 g/mol. The van der Waals surface area contributed by atoms with Crippen molar-refractivity contribution in [2.75, 3.05) is 16.8 Å². The van der Waals surface area contributed by atoms with E-state index in [-0.39, 0.29) is 23.3 Å². The van der Waals surface area contributed by atoms with Gasteiger partial charge in [-0.15, -0.1) is 0 Å². The Labute approximate surface area is 140 Å². The first-order chi connectivity index (χ1) is 11.5. The Hall–Kier alpha value is -2.15. The Bertz CT molecular complexity index is 901. The molecule has 1 aliphatic heterocycles. The largest absolute Gasteiger partial charge is 0.338 e. The number of carbonyl (C=O) groups is 1. The van der Waals surface area contributed by atoms with Crippen LogP contribution in [0, 0.1) is 5.92 Å². The molecule has 2 aromatic rings. The summed E-state index contributed by atoms with van der Waals surface area (Å²) in [6.07, 6.45) is 3.75. The van der Waals surface area contributed by atoms with E-state index in [1.807, 2.05) is 6.07 Å². The Morgan fingerprint density at radius 1 is 1.21 bits per heavy atom. The third kappa shape index (κ3) is 2.96. The molecule has 4 rings (SSSR count). The molecule has 1 saturated heterocycles. The van der Waals surface area contributed by atoms with Gasteiger partial charge in [-0.1, -0.05) is 17.3 Å². The second-order valence-electron chi connectivity index (χ2n) is 6.50. The summed E-state index contributed by atoms with van der Waals surface area (Å²) in [5, 5.41) is 6.64. The molecule has 1 aromatic carbocycles. The summed E-state index contributed by atoms with van der Waals surface area (Å²) in [6.45, 7) is 0. The average molecular weight is 346 g/mol. The normalized spacial score (nSPS) is 21.6. The van der Waals surface area contributed by atoms with Crippen LogP contribution in [0.25, 0.3) is 11.3 Å². The van der Waals surface area contributed by atoms with Gasteiger partial charge in [0.2, 0.25) is 11.8 Å². The minimum absolute atomic E-state index is 0.0713. The van der Waals surface area contributed by atoms with E-state index in [4.69, 9.17) is 4.52 Å². The number of sulfone groups is 1. The summed E-state index contributed by atoms with van der Waals surface area (Å²) in [6, 6.07) is 7.93. The maximum atomic E-state index is 12.1. The number of nitrogens with one attached hydrogen (secondary N) is 1. The van der Waals surface area contributed by atoms with Crippen molar-refractivity contribution >= 4 is 21.6 Å². The van der Waals surface area contributed by atoms with E-state index in [0.29, 0.717) is 12.1 Å². The lowest BCUT2D eigenvalue weighted by Crippen LogP contribution is -2.23. The van der Waals surface area contributed by atoms with E-state index < -0.39 is 15.8 Å². The molecule has 0 spiro atoms. The number of hydrogen-bond acceptors (Lipinski definition) is 5. The summed E-state index contributed by atoms with van der Waals surface area (Å²) < 4.78 is 28.1. The van der Waals surface area contributed by atoms with Crippen molar-refractivity contribution in [2.45, 2.75) is 25.7 Å². The van der Waals surface area contributed by atoms with Gasteiger partial charge in [-0.05, 0) is 42.9 Å². The smallest absolute Gasteiger partial charge is 0.231 e. The number of aryl methyl sites for hydroxylation is 2. The van der Waals surface area contributed by atoms with Gasteiger partial charge in [-0.25, -0.2) is 8.42 Å². The molecule has 0 bridgehead atoms. The Balaban J connectivity index is 1.48. The molecule has 1 aromatic heterocycles. The molecule has 1 atom stereocenters. The molecule has 6 nitrogen and oxygen atoms in total. The lowest BCUT2D eigenvalue weighted by atomic mass is 10.0. The molecule has 1 fully saturated rings. The molecular formula is C17H18N2O4S. The van der Waals surface area contributed by atoms with Crippen LogP contribution in [0.15, 0.2) is 28.8 Å². The van der Waals surface area contributed by atoms with Crippen LogP contribution < -0.4 is 5.32 Å². The molecule has 1 unspecified atom stereocenters. The minimum atomic E-state index is -3.08. The summed E-state index contributed by atoms with van der Waals surface area (Å²) in [4.78, 5) is 12.1. The lowest BCUT2D eigenvalue weighted by Gasteiger charge is -2.05. The summed E-state index contributed by atoms with van der Waals surface area (Å²) in [5.74, 6) is -0.608. The van der Waals surface area contributed by atoms with Gasteiger partial charge < -0.3 is 4.52 Å². The zero-order chi connectivity index (χ0) is 16.7. The molecule has 1 N–H and O–H groups in total. The van der Waals surface area contributed by atoms with Crippen LogP contribution >= 0.6 is 0 Å². The highest BCUT2D eigenvalue weighted by Crippen LogP contribution is 2.29. The topological polar surface area (TPSA) is 89.3 Å². The number of aromatic nitrogens is 1. The standard InChI is InChI=1S/C17H18N2O4S/c20-17(14-6-7-24(21,22)10-14)18-16-9-15(19-23-16)13-5-4-11-2-1-3-12(11)8-13/h4-5,8-9,14H,1-3,6-7,10H2,(H,18,20). The van der Waals surface area contributed by atoms with Crippen LogP contribution in [0.3, 0.4) is 0 Å². The number of nitrogens with zero attached hydrogens (tertiary/aromatic N) is 1. The first-order valence-corrected chi connectivity index (χ1v) is 9.92. The molecule has 1 aliphatic carbocycles. The quantitative estimate of drug-likeness (QED) is 0.920. The molecule has 2 heterocycles. The Kier molecular flexibility index (Phi) is 3.68. The van der Waals surface area contributed by atoms with Gasteiger partial charge >= 0.3 is 0 Å². The molecule has 0 saturated carbocycles.